The molecule has 0 saturated carbocycles. The first-order valence-corrected chi connectivity index (χ1v) is 11.4. The van der Waals surface area contributed by atoms with E-state index in [9.17, 15) is 24.3 Å². The van der Waals surface area contributed by atoms with Gasteiger partial charge in [-0.05, 0) is 29.7 Å². The average Bonchev–Trinajstić information content (AvgIpc) is 2.89. The second kappa shape index (κ2) is 14.9. The van der Waals surface area contributed by atoms with Crippen LogP contribution in [0.4, 0.5) is 4.79 Å². The van der Waals surface area contributed by atoms with Crippen molar-refractivity contribution in [2.45, 2.75) is 25.0 Å². The maximum absolute atomic E-state index is 13.1. The molecule has 0 aromatic heterocycles. The summed E-state index contributed by atoms with van der Waals surface area (Å²) in [5.74, 6) is -2.39. The standard InChI is InChI=1S/C28H28N2O6.Na/c1-30(28(35)36-25(27(33)34)18-21-13-7-3-8-14-21)19-24(31)23(17-20-11-5-2-6-12-20)29-26(32)22-15-9-4-10-16-22;/h2-16,23,25H,17-19H2,1H3,(H,29,32)(H,33,34);/q;+1/p-1/t23?,25-;/m0./s1. The van der Waals surface area contributed by atoms with Crippen molar-refractivity contribution in [1.29, 1.82) is 0 Å². The maximum Gasteiger partial charge on any atom is 1.00 e. The molecule has 186 valence electrons. The Balaban J connectivity index is 0.00000481. The molecule has 0 aliphatic heterocycles. The number of likely N-dealkylation sites (N-methyl/N-ethyl adjacent to an activating group) is 1. The fourth-order valence-corrected chi connectivity index (χ4v) is 3.55. The number of carboxylic acids is 1. The Morgan fingerprint density at radius 3 is 1.81 bits per heavy atom. The third-order valence-electron chi connectivity index (χ3n) is 5.49. The summed E-state index contributed by atoms with van der Waals surface area (Å²) in [6.45, 7) is -0.392. The number of ketones is 1. The summed E-state index contributed by atoms with van der Waals surface area (Å²) in [6, 6.07) is 25.4. The van der Waals surface area contributed by atoms with E-state index in [2.05, 4.69) is 5.32 Å². The van der Waals surface area contributed by atoms with Crippen molar-refractivity contribution in [2.24, 2.45) is 0 Å². The number of aliphatic carboxylic acids is 1. The number of carboxylic acid groups (broad SMARTS) is 1. The zero-order chi connectivity index (χ0) is 25.9. The molecule has 0 aliphatic carbocycles. The minimum absolute atomic E-state index is 0. The quantitative estimate of drug-likeness (QED) is 0.332. The van der Waals surface area contributed by atoms with Gasteiger partial charge in [-0.1, -0.05) is 78.9 Å². The van der Waals surface area contributed by atoms with Crippen molar-refractivity contribution in [2.75, 3.05) is 13.6 Å². The van der Waals surface area contributed by atoms with Crippen molar-refractivity contribution >= 4 is 23.8 Å². The van der Waals surface area contributed by atoms with Crippen LogP contribution in [0.15, 0.2) is 91.0 Å². The predicted octanol–water partition coefficient (Wildman–Crippen LogP) is -0.970. The molecule has 0 aliphatic rings. The molecule has 1 unspecified atom stereocenters. The van der Waals surface area contributed by atoms with Crippen LogP contribution >= 0.6 is 0 Å². The molecule has 8 nitrogen and oxygen atoms in total. The van der Waals surface area contributed by atoms with Gasteiger partial charge in [0.1, 0.15) is 6.10 Å². The van der Waals surface area contributed by atoms with Crippen LogP contribution in [0.25, 0.3) is 0 Å². The first kappa shape index (κ1) is 29.8. The Morgan fingerprint density at radius 2 is 1.30 bits per heavy atom. The van der Waals surface area contributed by atoms with E-state index in [1.165, 1.54) is 7.05 Å². The van der Waals surface area contributed by atoms with E-state index in [1.54, 1.807) is 60.7 Å². The summed E-state index contributed by atoms with van der Waals surface area (Å²) in [7, 11) is 1.33. The van der Waals surface area contributed by atoms with E-state index in [0.29, 0.717) is 11.1 Å². The molecular weight excluding hydrogens is 483 g/mol. The zero-order valence-corrected chi connectivity index (χ0v) is 22.8. The zero-order valence-electron chi connectivity index (χ0n) is 20.8. The number of hydrogen-bond acceptors (Lipinski definition) is 6. The van der Waals surface area contributed by atoms with E-state index in [0.717, 1.165) is 10.5 Å². The van der Waals surface area contributed by atoms with Gasteiger partial charge in [0.15, 0.2) is 5.78 Å². The SMILES string of the molecule is CN(CC(=O)C(Cc1ccccc1)NC(=O)c1ccccc1)C(=O)O[C@@H](Cc1ccccc1)C(=O)[O-].[Na+]. The van der Waals surface area contributed by atoms with Gasteiger partial charge in [-0.15, -0.1) is 0 Å². The van der Waals surface area contributed by atoms with Crippen molar-refractivity contribution < 1.29 is 58.6 Å². The van der Waals surface area contributed by atoms with Crippen LogP contribution in [-0.2, 0) is 27.2 Å². The summed E-state index contributed by atoms with van der Waals surface area (Å²) in [5, 5.41) is 14.3. The molecule has 3 rings (SSSR count). The van der Waals surface area contributed by atoms with Crippen molar-refractivity contribution in [3.8, 4) is 0 Å². The van der Waals surface area contributed by atoms with E-state index in [4.69, 9.17) is 4.74 Å². The van der Waals surface area contributed by atoms with Gasteiger partial charge in [-0.2, -0.15) is 0 Å². The van der Waals surface area contributed by atoms with E-state index < -0.39 is 42.4 Å². The second-order valence-corrected chi connectivity index (χ2v) is 8.29. The molecule has 2 atom stereocenters. The van der Waals surface area contributed by atoms with Gasteiger partial charge >= 0.3 is 35.7 Å². The van der Waals surface area contributed by atoms with Gasteiger partial charge < -0.3 is 24.9 Å². The predicted molar refractivity (Wildman–Crippen MR) is 131 cm³/mol. The summed E-state index contributed by atoms with van der Waals surface area (Å²) >= 11 is 0. The topological polar surface area (TPSA) is 116 Å². The van der Waals surface area contributed by atoms with Gasteiger partial charge in [-0.3, -0.25) is 9.59 Å². The number of nitrogens with one attached hydrogen (secondary N) is 1. The van der Waals surface area contributed by atoms with Crippen LogP contribution in [0, 0.1) is 0 Å². The molecule has 2 amide bonds. The number of rotatable bonds is 11. The number of benzene rings is 3. The Kier molecular flexibility index (Phi) is 12.0. The third kappa shape index (κ3) is 9.49. The largest absolute Gasteiger partial charge is 1.00 e. The number of Topliss-reactive ketones (excluding diaryl/α,β-unsaturated/α-hetero) is 1. The first-order chi connectivity index (χ1) is 17.3. The normalized spacial score (nSPS) is 11.8. The summed E-state index contributed by atoms with van der Waals surface area (Å²) < 4.78 is 5.11. The molecule has 9 heteroatoms. The van der Waals surface area contributed by atoms with Crippen LogP contribution in [0.1, 0.15) is 21.5 Å². The smallest absolute Gasteiger partial charge is 0.546 e. The fourth-order valence-electron chi connectivity index (χ4n) is 3.55. The van der Waals surface area contributed by atoms with E-state index in [-0.39, 0.29) is 42.4 Å². The number of carbonyl (C=O) groups excluding carboxylic acids is 4. The third-order valence-corrected chi connectivity index (χ3v) is 5.49. The van der Waals surface area contributed by atoms with Crippen molar-refractivity contribution in [1.82, 2.24) is 10.2 Å². The number of hydrogen-bond donors (Lipinski definition) is 1. The van der Waals surface area contributed by atoms with Crippen molar-refractivity contribution in [3.63, 3.8) is 0 Å². The summed E-state index contributed by atoms with van der Waals surface area (Å²) in [4.78, 5) is 51.0. The minimum Gasteiger partial charge on any atom is -0.546 e. The number of nitrogens with zero attached hydrogens (tertiary/aromatic N) is 1. The molecule has 0 fully saturated rings. The number of ether oxygens (including phenoxy) is 1. The first-order valence-electron chi connectivity index (χ1n) is 11.4. The van der Waals surface area contributed by atoms with Gasteiger partial charge in [0.2, 0.25) is 0 Å². The molecule has 0 bridgehead atoms. The monoisotopic (exact) mass is 510 g/mol. The molecule has 0 heterocycles. The fraction of sp³-hybridized carbons (Fsp3) is 0.214. The van der Waals surface area contributed by atoms with Crippen LogP contribution in [0.2, 0.25) is 0 Å². The summed E-state index contributed by atoms with van der Waals surface area (Å²) in [5.41, 5.74) is 1.88. The van der Waals surface area contributed by atoms with Crippen LogP contribution in [0.5, 0.6) is 0 Å². The Labute approximate surface area is 237 Å². The molecule has 0 saturated heterocycles. The molecule has 1 N–H and O–H groups in total. The minimum atomic E-state index is -1.54. The van der Waals surface area contributed by atoms with Crippen LogP contribution in [-0.4, -0.2) is 54.4 Å². The molecule has 0 radical (unpaired) electrons. The average molecular weight is 511 g/mol. The Morgan fingerprint density at radius 1 is 0.811 bits per heavy atom. The molecule has 37 heavy (non-hydrogen) atoms. The van der Waals surface area contributed by atoms with Crippen molar-refractivity contribution in [3.05, 3.63) is 108 Å². The molecule has 0 spiro atoms. The molecular formula is C28H27N2NaO6. The number of carbonyl (C=O) groups is 4. The maximum atomic E-state index is 13.1. The Bertz CT molecular complexity index is 1180. The second-order valence-electron chi connectivity index (χ2n) is 8.29. The van der Waals surface area contributed by atoms with Crippen LogP contribution in [0.3, 0.4) is 0 Å². The number of amides is 2. The molecule has 3 aromatic rings. The van der Waals surface area contributed by atoms with E-state index >= 15 is 0 Å². The van der Waals surface area contributed by atoms with E-state index in [1.807, 2.05) is 30.3 Å². The van der Waals surface area contributed by atoms with Gasteiger partial charge in [-0.25, -0.2) is 4.79 Å². The van der Waals surface area contributed by atoms with Gasteiger partial charge in [0.05, 0.1) is 18.6 Å². The van der Waals surface area contributed by atoms with Crippen LogP contribution < -0.4 is 40.0 Å². The summed E-state index contributed by atoms with van der Waals surface area (Å²) in [6.07, 6.45) is -2.35. The van der Waals surface area contributed by atoms with Gasteiger partial charge in [0, 0.05) is 19.0 Å². The van der Waals surface area contributed by atoms with Gasteiger partial charge in [0.25, 0.3) is 5.91 Å². The Hall–Kier alpha value is -3.46. The molecule has 3 aromatic carbocycles.